The van der Waals surface area contributed by atoms with Crippen LogP contribution in [0.15, 0.2) is 97.1 Å². The summed E-state index contributed by atoms with van der Waals surface area (Å²) in [5.74, 6) is -0.871. The molecule has 0 amide bonds. The van der Waals surface area contributed by atoms with E-state index in [-0.39, 0.29) is 0 Å². The molecule has 0 bridgehead atoms. The lowest BCUT2D eigenvalue weighted by Gasteiger charge is -2.19. The van der Waals surface area contributed by atoms with Crippen LogP contribution in [-0.2, 0) is 4.79 Å². The third-order valence-electron chi connectivity index (χ3n) is 6.76. The molecule has 0 aliphatic carbocycles. The van der Waals surface area contributed by atoms with Crippen molar-refractivity contribution in [1.82, 2.24) is 9.97 Å². The van der Waals surface area contributed by atoms with Gasteiger partial charge in [-0.2, -0.15) is 0 Å². The minimum atomic E-state index is -0.871. The lowest BCUT2D eigenvalue weighted by Crippen LogP contribution is -2.30. The Hall–Kier alpha value is -4.71. The molecule has 0 saturated carbocycles. The molecule has 0 spiro atoms. The third kappa shape index (κ3) is 4.38. The number of hydrogen-bond donors (Lipinski definition) is 3. The summed E-state index contributed by atoms with van der Waals surface area (Å²) in [6.45, 7) is 0.640. The molecule has 2 aromatic heterocycles. The number of aliphatic carboxylic acids is 1. The molecule has 0 radical (unpaired) electrons. The highest BCUT2D eigenvalue weighted by molar-refractivity contribution is 6.08. The van der Waals surface area contributed by atoms with E-state index in [1.807, 2.05) is 84.9 Å². The summed E-state index contributed by atoms with van der Waals surface area (Å²) in [6.07, 6.45) is 1.14. The van der Waals surface area contributed by atoms with Crippen molar-refractivity contribution >= 4 is 61.0 Å². The number of hydrogen-bond acceptors (Lipinski definition) is 5. The number of para-hydroxylation sites is 4. The topological polar surface area (TPSA) is 87.1 Å². The van der Waals surface area contributed by atoms with E-state index in [9.17, 15) is 9.90 Å². The molecule has 3 N–H and O–H groups in total. The van der Waals surface area contributed by atoms with Gasteiger partial charge < -0.3 is 15.7 Å². The van der Waals surface area contributed by atoms with Crippen LogP contribution in [0.1, 0.15) is 12.8 Å². The molecule has 6 heteroatoms. The molecule has 0 unspecified atom stereocenters. The van der Waals surface area contributed by atoms with E-state index < -0.39 is 12.0 Å². The molecule has 6 rings (SSSR count). The number of carboxylic acids is 1. The lowest BCUT2D eigenvalue weighted by molar-refractivity contribution is -0.138. The lowest BCUT2D eigenvalue weighted by atomic mass is 10.0. The van der Waals surface area contributed by atoms with E-state index >= 15 is 0 Å². The third-order valence-corrected chi connectivity index (χ3v) is 6.76. The first-order chi connectivity index (χ1) is 18.2. The number of aromatic nitrogens is 2. The summed E-state index contributed by atoms with van der Waals surface area (Å²) in [6, 6.07) is 31.1. The summed E-state index contributed by atoms with van der Waals surface area (Å²) in [5, 5.41) is 20.9. The van der Waals surface area contributed by atoms with Crippen molar-refractivity contribution in [3.05, 3.63) is 97.1 Å². The first kappa shape index (κ1) is 22.7. The van der Waals surface area contributed by atoms with Gasteiger partial charge in [-0.1, -0.05) is 72.8 Å². The molecule has 0 aliphatic rings. The standard InChI is InChI=1S/C31H26N4O2/c36-31(37)28(35-30-22-12-3-7-16-26(22)34-27-17-8-4-13-23(27)30)18-9-19-32-29-20-10-1-5-14-24(20)33-25-15-6-2-11-21(25)29/h1-8,10-17,28H,9,18-19H2,(H,32,33)(H,34,35)(H,36,37)/t28-/m1/s1. The summed E-state index contributed by atoms with van der Waals surface area (Å²) in [7, 11) is 0. The van der Waals surface area contributed by atoms with Gasteiger partial charge in [-0.3, -0.25) is 0 Å². The Kier molecular flexibility index (Phi) is 5.98. The average molecular weight is 487 g/mol. The van der Waals surface area contributed by atoms with Gasteiger partial charge in [0, 0.05) is 28.1 Å². The Bertz CT molecular complexity index is 1660. The van der Waals surface area contributed by atoms with E-state index in [0.29, 0.717) is 19.4 Å². The van der Waals surface area contributed by atoms with Crippen LogP contribution in [0.5, 0.6) is 0 Å². The van der Waals surface area contributed by atoms with Crippen LogP contribution in [0.4, 0.5) is 11.4 Å². The molecule has 0 aliphatic heterocycles. The van der Waals surface area contributed by atoms with Gasteiger partial charge in [0.15, 0.2) is 0 Å². The van der Waals surface area contributed by atoms with Crippen LogP contribution in [0, 0.1) is 0 Å². The number of anilines is 2. The van der Waals surface area contributed by atoms with Crippen molar-refractivity contribution in [2.45, 2.75) is 18.9 Å². The molecule has 6 nitrogen and oxygen atoms in total. The fourth-order valence-electron chi connectivity index (χ4n) is 4.98. The molecular weight excluding hydrogens is 460 g/mol. The number of pyridine rings is 2. The molecule has 1 atom stereocenters. The highest BCUT2D eigenvalue weighted by atomic mass is 16.4. The number of carbonyl (C=O) groups is 1. The molecule has 37 heavy (non-hydrogen) atoms. The van der Waals surface area contributed by atoms with E-state index in [1.54, 1.807) is 0 Å². The Balaban J connectivity index is 1.24. The van der Waals surface area contributed by atoms with Gasteiger partial charge in [-0.15, -0.1) is 0 Å². The molecular formula is C31H26N4O2. The van der Waals surface area contributed by atoms with Crippen molar-refractivity contribution in [1.29, 1.82) is 0 Å². The number of rotatable bonds is 8. The zero-order valence-corrected chi connectivity index (χ0v) is 20.2. The number of nitrogens with one attached hydrogen (secondary N) is 2. The molecule has 182 valence electrons. The summed E-state index contributed by atoms with van der Waals surface area (Å²) in [4.78, 5) is 21.8. The van der Waals surface area contributed by atoms with E-state index in [1.165, 1.54) is 0 Å². The maximum atomic E-state index is 12.3. The van der Waals surface area contributed by atoms with E-state index in [4.69, 9.17) is 9.97 Å². The van der Waals surface area contributed by atoms with E-state index in [0.717, 1.165) is 55.0 Å². The Labute approximate surface area is 214 Å². The van der Waals surface area contributed by atoms with Gasteiger partial charge in [-0.05, 0) is 37.1 Å². The largest absolute Gasteiger partial charge is 0.480 e. The van der Waals surface area contributed by atoms with Crippen LogP contribution < -0.4 is 10.6 Å². The summed E-state index contributed by atoms with van der Waals surface area (Å²) >= 11 is 0. The number of benzene rings is 4. The maximum absolute atomic E-state index is 12.3. The summed E-state index contributed by atoms with van der Waals surface area (Å²) < 4.78 is 0. The molecule has 2 heterocycles. The van der Waals surface area contributed by atoms with Crippen molar-refractivity contribution in [3.8, 4) is 0 Å². The second kappa shape index (κ2) is 9.74. The van der Waals surface area contributed by atoms with Gasteiger partial charge in [0.05, 0.1) is 33.4 Å². The zero-order chi connectivity index (χ0) is 25.2. The smallest absolute Gasteiger partial charge is 0.326 e. The predicted octanol–water partition coefficient (Wildman–Crippen LogP) is 6.85. The first-order valence-corrected chi connectivity index (χ1v) is 12.5. The van der Waals surface area contributed by atoms with Gasteiger partial charge >= 0.3 is 5.97 Å². The predicted molar refractivity (Wildman–Crippen MR) is 151 cm³/mol. The normalized spacial score (nSPS) is 12.2. The minimum absolute atomic E-state index is 0.467. The highest BCUT2D eigenvalue weighted by Crippen LogP contribution is 2.32. The Morgan fingerprint density at radius 3 is 1.49 bits per heavy atom. The highest BCUT2D eigenvalue weighted by Gasteiger charge is 2.20. The molecule has 6 aromatic rings. The number of nitrogens with zero attached hydrogens (tertiary/aromatic N) is 2. The fraction of sp³-hybridized carbons (Fsp3) is 0.129. The SMILES string of the molecule is O=C(O)[C@@H](CCCNc1c2ccccc2nc2ccccc12)Nc1c2ccccc2nc2ccccc12. The van der Waals surface area contributed by atoms with Gasteiger partial charge in [-0.25, -0.2) is 14.8 Å². The second-order valence-corrected chi connectivity index (χ2v) is 9.15. The maximum Gasteiger partial charge on any atom is 0.326 e. The second-order valence-electron chi connectivity index (χ2n) is 9.15. The quantitative estimate of drug-likeness (QED) is 0.161. The fourth-order valence-corrected chi connectivity index (χ4v) is 4.98. The van der Waals surface area contributed by atoms with Crippen LogP contribution >= 0.6 is 0 Å². The zero-order valence-electron chi connectivity index (χ0n) is 20.2. The number of carboxylic acid groups (broad SMARTS) is 1. The Morgan fingerprint density at radius 1 is 0.649 bits per heavy atom. The first-order valence-electron chi connectivity index (χ1n) is 12.5. The van der Waals surface area contributed by atoms with Gasteiger partial charge in [0.25, 0.3) is 0 Å². The van der Waals surface area contributed by atoms with Crippen LogP contribution in [-0.4, -0.2) is 33.6 Å². The molecule has 0 fully saturated rings. The van der Waals surface area contributed by atoms with E-state index in [2.05, 4.69) is 22.8 Å². The monoisotopic (exact) mass is 486 g/mol. The average Bonchev–Trinajstić information content (AvgIpc) is 2.93. The summed E-state index contributed by atoms with van der Waals surface area (Å²) in [5.41, 5.74) is 5.40. The number of fused-ring (bicyclic) bond motifs is 4. The van der Waals surface area contributed by atoms with Gasteiger partial charge in [0.2, 0.25) is 0 Å². The van der Waals surface area contributed by atoms with Crippen molar-refractivity contribution < 1.29 is 9.90 Å². The Morgan fingerprint density at radius 2 is 1.05 bits per heavy atom. The van der Waals surface area contributed by atoms with Crippen LogP contribution in [0.3, 0.4) is 0 Å². The molecule has 4 aromatic carbocycles. The molecule has 0 saturated heterocycles. The van der Waals surface area contributed by atoms with Crippen molar-refractivity contribution in [3.63, 3.8) is 0 Å². The minimum Gasteiger partial charge on any atom is -0.480 e. The van der Waals surface area contributed by atoms with Crippen molar-refractivity contribution in [2.75, 3.05) is 17.2 Å². The van der Waals surface area contributed by atoms with Crippen molar-refractivity contribution in [2.24, 2.45) is 0 Å². The van der Waals surface area contributed by atoms with Gasteiger partial charge in [0.1, 0.15) is 6.04 Å². The van der Waals surface area contributed by atoms with Crippen LogP contribution in [0.2, 0.25) is 0 Å². The van der Waals surface area contributed by atoms with Crippen LogP contribution in [0.25, 0.3) is 43.6 Å².